The van der Waals surface area contributed by atoms with Crippen LogP contribution in [0.1, 0.15) is 13.3 Å². The van der Waals surface area contributed by atoms with Crippen molar-refractivity contribution in [1.29, 1.82) is 5.41 Å². The van der Waals surface area contributed by atoms with Gasteiger partial charge in [0, 0.05) is 11.0 Å². The first-order chi connectivity index (χ1) is 3.81. The molecule has 0 amide bonds. The predicted octanol–water partition coefficient (Wildman–Crippen LogP) is 1.72. The van der Waals surface area contributed by atoms with Gasteiger partial charge >= 0.3 is 0 Å². The molecule has 0 aliphatic carbocycles. The van der Waals surface area contributed by atoms with Crippen LogP contribution in [0, 0.1) is 5.41 Å². The van der Waals surface area contributed by atoms with Gasteiger partial charge in [-0.25, -0.2) is 0 Å². The van der Waals surface area contributed by atoms with E-state index < -0.39 is 0 Å². The highest BCUT2D eigenvalue weighted by molar-refractivity contribution is 5.53. The summed E-state index contributed by atoms with van der Waals surface area (Å²) in [6.45, 7) is 1.77. The quantitative estimate of drug-likeness (QED) is 0.250. The Balaban J connectivity index is 3.46. The van der Waals surface area contributed by atoms with E-state index in [1.807, 2.05) is 0 Å². The molecule has 0 aromatic heterocycles. The smallest absolute Gasteiger partial charge is 0.0394 e. The van der Waals surface area contributed by atoms with Crippen molar-refractivity contribution >= 4 is 6.21 Å². The number of rotatable bonds is 3. The molecule has 8 heavy (non-hydrogen) atoms. The second kappa shape index (κ2) is 4.15. The third-order valence-electron chi connectivity index (χ3n) is 0.708. The molecule has 4 heteroatoms. The Morgan fingerprint density at radius 3 is 3.00 bits per heavy atom. The van der Waals surface area contributed by atoms with Gasteiger partial charge in [0.2, 0.25) is 0 Å². The Labute approximate surface area is 47.7 Å². The van der Waals surface area contributed by atoms with Crippen molar-refractivity contribution in [3.8, 4) is 0 Å². The molecule has 44 valence electrons. The van der Waals surface area contributed by atoms with Crippen LogP contribution in [0.25, 0.3) is 10.4 Å². The number of hydrogen-bond donors (Lipinski definition) is 1. The van der Waals surface area contributed by atoms with Crippen LogP contribution in [0.15, 0.2) is 5.11 Å². The fourth-order valence-electron chi connectivity index (χ4n) is 0.306. The molecule has 0 aromatic rings. The van der Waals surface area contributed by atoms with Crippen LogP contribution in [0.4, 0.5) is 0 Å². The largest absolute Gasteiger partial charge is 0.313 e. The third kappa shape index (κ3) is 3.18. The van der Waals surface area contributed by atoms with Crippen LogP contribution < -0.4 is 0 Å². The molecule has 4 nitrogen and oxygen atoms in total. The molecule has 0 bridgehead atoms. The molecular weight excluding hydrogens is 104 g/mol. The van der Waals surface area contributed by atoms with Crippen LogP contribution in [-0.2, 0) is 0 Å². The van der Waals surface area contributed by atoms with Gasteiger partial charge in [0.05, 0.1) is 0 Å². The molecular formula is C4H8N4. The molecule has 1 N–H and O–H groups in total. The monoisotopic (exact) mass is 112 g/mol. The summed E-state index contributed by atoms with van der Waals surface area (Å²) >= 11 is 0. The van der Waals surface area contributed by atoms with Crippen molar-refractivity contribution in [1.82, 2.24) is 0 Å². The molecule has 0 saturated heterocycles. The van der Waals surface area contributed by atoms with Gasteiger partial charge in [0.25, 0.3) is 0 Å². The van der Waals surface area contributed by atoms with Crippen molar-refractivity contribution in [3.63, 3.8) is 0 Å². The lowest BCUT2D eigenvalue weighted by atomic mass is 10.3. The van der Waals surface area contributed by atoms with Gasteiger partial charge in [-0.1, -0.05) is 12.0 Å². The lowest BCUT2D eigenvalue weighted by Crippen LogP contribution is -1.94. The average Bonchev–Trinajstić information content (AvgIpc) is 1.68. The van der Waals surface area contributed by atoms with Gasteiger partial charge < -0.3 is 5.41 Å². The Kier molecular flexibility index (Phi) is 3.62. The van der Waals surface area contributed by atoms with Crippen LogP contribution in [0.5, 0.6) is 0 Å². The second-order valence-electron chi connectivity index (χ2n) is 1.49. The first kappa shape index (κ1) is 6.98. The van der Waals surface area contributed by atoms with Crippen molar-refractivity contribution in [3.05, 3.63) is 10.4 Å². The fraction of sp³-hybridized carbons (Fsp3) is 0.750. The highest BCUT2D eigenvalue weighted by Gasteiger charge is 1.90. The summed E-state index contributed by atoms with van der Waals surface area (Å²) in [4.78, 5) is 2.58. The highest BCUT2D eigenvalue weighted by atomic mass is 15.1. The number of nitrogens with one attached hydrogen (secondary N) is 1. The fourth-order valence-corrected chi connectivity index (χ4v) is 0.306. The van der Waals surface area contributed by atoms with E-state index in [4.69, 9.17) is 10.9 Å². The van der Waals surface area contributed by atoms with E-state index in [0.717, 1.165) is 0 Å². The van der Waals surface area contributed by atoms with Gasteiger partial charge in [-0.2, -0.15) is 0 Å². The van der Waals surface area contributed by atoms with Crippen molar-refractivity contribution in [2.75, 3.05) is 0 Å². The lowest BCUT2D eigenvalue weighted by molar-refractivity contribution is 0.776. The van der Waals surface area contributed by atoms with E-state index >= 15 is 0 Å². The summed E-state index contributed by atoms with van der Waals surface area (Å²) in [5.41, 5.74) is 7.85. The number of azide groups is 1. The van der Waals surface area contributed by atoms with Gasteiger partial charge in [-0.3, -0.25) is 0 Å². The predicted molar refractivity (Wildman–Crippen MR) is 32.0 cm³/mol. The third-order valence-corrected chi connectivity index (χ3v) is 0.708. The zero-order chi connectivity index (χ0) is 6.41. The molecule has 0 heterocycles. The van der Waals surface area contributed by atoms with Gasteiger partial charge in [-0.15, -0.1) is 0 Å². The first-order valence-corrected chi connectivity index (χ1v) is 2.34. The molecule has 1 atom stereocenters. The van der Waals surface area contributed by atoms with E-state index in [2.05, 4.69) is 10.0 Å². The molecule has 0 rings (SSSR count). The lowest BCUT2D eigenvalue weighted by Gasteiger charge is -1.92. The molecule has 0 aliphatic heterocycles. The van der Waals surface area contributed by atoms with Gasteiger partial charge in [0.15, 0.2) is 0 Å². The standard InChI is InChI=1S/C4H8N4/c1-4(2-3-5)7-8-6/h3-5H,2H2,1H3. The maximum absolute atomic E-state index is 7.85. The summed E-state index contributed by atoms with van der Waals surface area (Å²) in [6.07, 6.45) is 1.77. The molecule has 0 spiro atoms. The Morgan fingerprint density at radius 2 is 2.62 bits per heavy atom. The highest BCUT2D eigenvalue weighted by Crippen LogP contribution is 1.91. The molecule has 0 radical (unpaired) electrons. The van der Waals surface area contributed by atoms with Gasteiger partial charge in [0.1, 0.15) is 0 Å². The van der Waals surface area contributed by atoms with E-state index in [-0.39, 0.29) is 6.04 Å². The van der Waals surface area contributed by atoms with E-state index in [9.17, 15) is 0 Å². The number of hydrogen-bond acceptors (Lipinski definition) is 2. The van der Waals surface area contributed by atoms with Crippen LogP contribution in [0.3, 0.4) is 0 Å². The normalized spacial score (nSPS) is 11.6. The summed E-state index contributed by atoms with van der Waals surface area (Å²) in [5.74, 6) is 0. The van der Waals surface area contributed by atoms with Crippen LogP contribution in [-0.4, -0.2) is 12.3 Å². The Morgan fingerprint density at radius 1 is 2.00 bits per heavy atom. The summed E-state index contributed by atoms with van der Waals surface area (Å²) in [6, 6.07) is -0.0718. The van der Waals surface area contributed by atoms with Crippen LogP contribution in [0.2, 0.25) is 0 Å². The summed E-state index contributed by atoms with van der Waals surface area (Å²) < 4.78 is 0. The van der Waals surface area contributed by atoms with Crippen molar-refractivity contribution in [2.24, 2.45) is 5.11 Å². The maximum Gasteiger partial charge on any atom is 0.0394 e. The average molecular weight is 112 g/mol. The summed E-state index contributed by atoms with van der Waals surface area (Å²) in [5, 5.41) is 9.95. The summed E-state index contributed by atoms with van der Waals surface area (Å²) in [7, 11) is 0. The Hall–Kier alpha value is -1.02. The minimum Gasteiger partial charge on any atom is -0.313 e. The molecule has 1 unspecified atom stereocenters. The maximum atomic E-state index is 7.85. The van der Waals surface area contributed by atoms with Crippen LogP contribution >= 0.6 is 0 Å². The van der Waals surface area contributed by atoms with E-state index in [1.54, 1.807) is 6.92 Å². The molecule has 0 aliphatic rings. The second-order valence-corrected chi connectivity index (χ2v) is 1.49. The topological polar surface area (TPSA) is 72.6 Å². The van der Waals surface area contributed by atoms with Crippen molar-refractivity contribution in [2.45, 2.75) is 19.4 Å². The zero-order valence-corrected chi connectivity index (χ0v) is 4.70. The first-order valence-electron chi connectivity index (χ1n) is 2.34. The van der Waals surface area contributed by atoms with E-state index in [1.165, 1.54) is 6.21 Å². The van der Waals surface area contributed by atoms with E-state index in [0.29, 0.717) is 6.42 Å². The van der Waals surface area contributed by atoms with Crippen molar-refractivity contribution < 1.29 is 0 Å². The SMILES string of the molecule is CC(CC=N)N=[N+]=[N-]. The molecule has 0 fully saturated rings. The molecule has 0 aromatic carbocycles. The Bertz CT molecular complexity index is 113. The molecule has 0 saturated carbocycles. The minimum absolute atomic E-state index is 0.0718. The minimum atomic E-state index is -0.0718. The zero-order valence-electron chi connectivity index (χ0n) is 4.70. The van der Waals surface area contributed by atoms with Gasteiger partial charge in [-0.05, 0) is 18.2 Å². The number of nitrogens with zero attached hydrogens (tertiary/aromatic N) is 3.